The Hall–Kier alpha value is -1.52. The Balaban J connectivity index is 1.99. The van der Waals surface area contributed by atoms with E-state index in [1.807, 2.05) is 26.8 Å². The van der Waals surface area contributed by atoms with Crippen LogP contribution in [-0.4, -0.2) is 22.5 Å². The molecule has 0 saturated carbocycles. The van der Waals surface area contributed by atoms with E-state index in [0.29, 0.717) is 36.0 Å². The van der Waals surface area contributed by atoms with Crippen LogP contribution in [-0.2, 0) is 17.8 Å². The number of carbonyl (C=O) groups is 1. The van der Waals surface area contributed by atoms with Gasteiger partial charge in [0.15, 0.2) is 0 Å². The molecule has 0 bridgehead atoms. The normalized spacial score (nSPS) is 10.8. The Labute approximate surface area is 146 Å². The maximum atomic E-state index is 12.5. The van der Waals surface area contributed by atoms with Crippen LogP contribution in [0.1, 0.15) is 35.9 Å². The highest BCUT2D eigenvalue weighted by molar-refractivity contribution is 6.42. The lowest BCUT2D eigenvalue weighted by Crippen LogP contribution is -2.30. The fraction of sp³-hybridized carbons (Fsp3) is 0.412. The summed E-state index contributed by atoms with van der Waals surface area (Å²) in [6.45, 7) is 6.89. The van der Waals surface area contributed by atoms with E-state index in [1.165, 1.54) is 0 Å². The Morgan fingerprint density at radius 3 is 2.57 bits per heavy atom. The van der Waals surface area contributed by atoms with Gasteiger partial charge in [-0.15, -0.1) is 0 Å². The number of amides is 1. The van der Waals surface area contributed by atoms with Crippen LogP contribution in [0.25, 0.3) is 0 Å². The molecule has 6 heteroatoms. The van der Waals surface area contributed by atoms with Crippen molar-refractivity contribution in [1.29, 1.82) is 0 Å². The van der Waals surface area contributed by atoms with Gasteiger partial charge in [-0.2, -0.15) is 0 Å². The topological polar surface area (TPSA) is 46.3 Å². The van der Waals surface area contributed by atoms with Crippen LogP contribution in [0.2, 0.25) is 10.0 Å². The van der Waals surface area contributed by atoms with E-state index in [-0.39, 0.29) is 5.91 Å². The van der Waals surface area contributed by atoms with Crippen molar-refractivity contribution in [2.75, 3.05) is 6.54 Å². The van der Waals surface area contributed by atoms with Crippen LogP contribution in [0.3, 0.4) is 0 Å². The van der Waals surface area contributed by atoms with Gasteiger partial charge in [0.05, 0.1) is 15.7 Å². The predicted octanol–water partition coefficient (Wildman–Crippen LogP) is 4.58. The third-order valence-corrected chi connectivity index (χ3v) is 4.60. The van der Waals surface area contributed by atoms with Gasteiger partial charge in [-0.25, -0.2) is 0 Å². The van der Waals surface area contributed by atoms with Crippen molar-refractivity contribution in [1.82, 2.24) is 10.1 Å². The Morgan fingerprint density at radius 2 is 2.00 bits per heavy atom. The highest BCUT2D eigenvalue weighted by Gasteiger charge is 2.16. The van der Waals surface area contributed by atoms with Crippen LogP contribution < -0.4 is 0 Å². The van der Waals surface area contributed by atoms with Gasteiger partial charge in [-0.1, -0.05) is 34.4 Å². The molecule has 0 aliphatic carbocycles. The summed E-state index contributed by atoms with van der Waals surface area (Å²) in [6, 6.07) is 5.44. The fourth-order valence-electron chi connectivity index (χ4n) is 2.48. The molecule has 124 valence electrons. The lowest BCUT2D eigenvalue weighted by Gasteiger charge is -2.21. The summed E-state index contributed by atoms with van der Waals surface area (Å²) >= 11 is 12.0. The SMILES string of the molecule is CCN(Cc1ccc(Cl)c(Cl)c1)C(=O)CCc1c(C)noc1C. The molecule has 0 fully saturated rings. The molecule has 23 heavy (non-hydrogen) atoms. The standard InChI is InChI=1S/C17H20Cl2N2O2/c1-4-21(10-13-5-7-15(18)16(19)9-13)17(22)8-6-14-11(2)20-23-12(14)3/h5,7,9H,4,6,8,10H2,1-3H3. The molecule has 0 unspecified atom stereocenters. The zero-order chi connectivity index (χ0) is 17.0. The fourth-order valence-corrected chi connectivity index (χ4v) is 2.80. The van der Waals surface area contributed by atoms with Gasteiger partial charge in [-0.05, 0) is 44.9 Å². The molecule has 1 heterocycles. The van der Waals surface area contributed by atoms with Crippen LogP contribution >= 0.6 is 23.2 Å². The van der Waals surface area contributed by atoms with Crippen LogP contribution in [0.5, 0.6) is 0 Å². The first-order valence-corrected chi connectivity index (χ1v) is 8.31. The van der Waals surface area contributed by atoms with Crippen molar-refractivity contribution in [3.05, 3.63) is 50.8 Å². The maximum absolute atomic E-state index is 12.5. The zero-order valence-electron chi connectivity index (χ0n) is 13.5. The van der Waals surface area contributed by atoms with Crippen LogP contribution in [0.4, 0.5) is 0 Å². The number of carbonyl (C=O) groups excluding carboxylic acids is 1. The molecule has 0 atom stereocenters. The smallest absolute Gasteiger partial charge is 0.223 e. The number of aromatic nitrogens is 1. The average molecular weight is 355 g/mol. The summed E-state index contributed by atoms with van der Waals surface area (Å²) in [5, 5.41) is 4.94. The van der Waals surface area contributed by atoms with Gasteiger partial charge < -0.3 is 9.42 Å². The molecular weight excluding hydrogens is 335 g/mol. The summed E-state index contributed by atoms with van der Waals surface area (Å²) in [4.78, 5) is 14.3. The third-order valence-electron chi connectivity index (χ3n) is 3.86. The van der Waals surface area contributed by atoms with Gasteiger partial charge in [0.1, 0.15) is 5.76 Å². The van der Waals surface area contributed by atoms with Gasteiger partial charge >= 0.3 is 0 Å². The van der Waals surface area contributed by atoms with Crippen molar-refractivity contribution >= 4 is 29.1 Å². The number of aryl methyl sites for hydroxylation is 2. The predicted molar refractivity (Wildman–Crippen MR) is 91.9 cm³/mol. The molecule has 0 radical (unpaired) electrons. The summed E-state index contributed by atoms with van der Waals surface area (Å²) in [7, 11) is 0. The van der Waals surface area contributed by atoms with E-state index in [9.17, 15) is 4.79 Å². The van der Waals surface area contributed by atoms with E-state index < -0.39 is 0 Å². The molecule has 2 aromatic rings. The van der Waals surface area contributed by atoms with E-state index in [1.54, 1.807) is 17.0 Å². The van der Waals surface area contributed by atoms with E-state index in [4.69, 9.17) is 27.7 Å². The van der Waals surface area contributed by atoms with Crippen LogP contribution in [0, 0.1) is 13.8 Å². The average Bonchev–Trinajstić information content (AvgIpc) is 2.84. The Morgan fingerprint density at radius 1 is 1.26 bits per heavy atom. The largest absolute Gasteiger partial charge is 0.361 e. The second kappa shape index (κ2) is 7.84. The molecule has 0 saturated heterocycles. The van der Waals surface area contributed by atoms with Gasteiger partial charge in [0, 0.05) is 25.1 Å². The van der Waals surface area contributed by atoms with Crippen molar-refractivity contribution < 1.29 is 9.32 Å². The molecule has 1 aromatic carbocycles. The minimum atomic E-state index is 0.0959. The molecule has 2 rings (SSSR count). The van der Waals surface area contributed by atoms with E-state index in [0.717, 1.165) is 22.6 Å². The second-order valence-corrected chi connectivity index (χ2v) is 6.27. The summed E-state index contributed by atoms with van der Waals surface area (Å²) in [6.07, 6.45) is 1.07. The van der Waals surface area contributed by atoms with Crippen molar-refractivity contribution in [2.24, 2.45) is 0 Å². The summed E-state index contributed by atoms with van der Waals surface area (Å²) in [5.41, 5.74) is 2.83. The van der Waals surface area contributed by atoms with Gasteiger partial charge in [0.25, 0.3) is 0 Å². The first kappa shape index (κ1) is 17.8. The summed E-state index contributed by atoms with van der Waals surface area (Å²) in [5.74, 6) is 0.876. The van der Waals surface area contributed by atoms with E-state index in [2.05, 4.69) is 5.16 Å². The molecule has 1 amide bonds. The van der Waals surface area contributed by atoms with Crippen molar-refractivity contribution in [3.8, 4) is 0 Å². The van der Waals surface area contributed by atoms with Crippen molar-refractivity contribution in [2.45, 2.75) is 40.2 Å². The minimum absolute atomic E-state index is 0.0959. The van der Waals surface area contributed by atoms with Gasteiger partial charge in [0.2, 0.25) is 5.91 Å². The monoisotopic (exact) mass is 354 g/mol. The molecule has 0 spiro atoms. The molecule has 0 aliphatic heterocycles. The lowest BCUT2D eigenvalue weighted by molar-refractivity contribution is -0.131. The number of rotatable bonds is 6. The molecule has 0 N–H and O–H groups in total. The quantitative estimate of drug-likeness (QED) is 0.762. The second-order valence-electron chi connectivity index (χ2n) is 5.46. The summed E-state index contributed by atoms with van der Waals surface area (Å²) < 4.78 is 5.13. The number of hydrogen-bond acceptors (Lipinski definition) is 3. The number of benzene rings is 1. The minimum Gasteiger partial charge on any atom is -0.361 e. The number of hydrogen-bond donors (Lipinski definition) is 0. The first-order chi connectivity index (χ1) is 10.9. The molecular formula is C17H20Cl2N2O2. The zero-order valence-corrected chi connectivity index (χ0v) is 15.0. The molecule has 1 aromatic heterocycles. The highest BCUT2D eigenvalue weighted by atomic mass is 35.5. The molecule has 0 aliphatic rings. The van der Waals surface area contributed by atoms with E-state index >= 15 is 0 Å². The molecule has 4 nitrogen and oxygen atoms in total. The highest BCUT2D eigenvalue weighted by Crippen LogP contribution is 2.23. The number of nitrogens with zero attached hydrogens (tertiary/aromatic N) is 2. The maximum Gasteiger partial charge on any atom is 0.223 e. The third kappa shape index (κ3) is 4.49. The lowest BCUT2D eigenvalue weighted by atomic mass is 10.1. The Kier molecular flexibility index (Phi) is 6.08. The Bertz CT molecular complexity index is 678. The number of halogens is 2. The van der Waals surface area contributed by atoms with Crippen LogP contribution in [0.15, 0.2) is 22.7 Å². The van der Waals surface area contributed by atoms with Gasteiger partial charge in [-0.3, -0.25) is 4.79 Å². The first-order valence-electron chi connectivity index (χ1n) is 7.55. The van der Waals surface area contributed by atoms with Crippen molar-refractivity contribution in [3.63, 3.8) is 0 Å².